The zero-order chi connectivity index (χ0) is 18.6. The smallest absolute Gasteiger partial charge is 0.419 e. The Balaban J connectivity index is 2.29. The van der Waals surface area contributed by atoms with Gasteiger partial charge in [0.2, 0.25) is 0 Å². The van der Waals surface area contributed by atoms with Crippen molar-refractivity contribution >= 4 is 23.4 Å². The highest BCUT2D eigenvalue weighted by Crippen LogP contribution is 2.37. The van der Waals surface area contributed by atoms with Crippen molar-refractivity contribution < 1.29 is 27.4 Å². The Morgan fingerprint density at radius 2 is 1.96 bits per heavy atom. The molecule has 0 aliphatic heterocycles. The molecule has 2 rings (SSSR count). The summed E-state index contributed by atoms with van der Waals surface area (Å²) in [6, 6.07) is 8.46. The van der Waals surface area contributed by atoms with Crippen molar-refractivity contribution in [3.63, 3.8) is 0 Å². The van der Waals surface area contributed by atoms with Crippen LogP contribution in [0.5, 0.6) is 5.75 Å². The summed E-state index contributed by atoms with van der Waals surface area (Å²) in [5.74, 6) is -0.318. The molecule has 0 spiro atoms. The maximum absolute atomic E-state index is 13.2. The number of anilines is 1. The van der Waals surface area contributed by atoms with Crippen LogP contribution in [-0.4, -0.2) is 13.2 Å². The van der Waals surface area contributed by atoms with Crippen LogP contribution in [0.25, 0.3) is 0 Å². The lowest BCUT2D eigenvalue weighted by atomic mass is 10.1. The molecule has 0 aromatic heterocycles. The Bertz CT molecular complexity index is 778. The number of halogens is 4. The third-order valence-corrected chi connectivity index (χ3v) is 3.71. The molecule has 0 radical (unpaired) electrons. The van der Waals surface area contributed by atoms with Crippen molar-refractivity contribution in [2.45, 2.75) is 19.7 Å². The van der Waals surface area contributed by atoms with Gasteiger partial charge in [-0.25, -0.2) is 4.79 Å². The summed E-state index contributed by atoms with van der Waals surface area (Å²) >= 11 is 6.08. The molecule has 0 aliphatic carbocycles. The van der Waals surface area contributed by atoms with Crippen LogP contribution in [0, 0.1) is 6.92 Å². The topological polar surface area (TPSA) is 47.6 Å². The van der Waals surface area contributed by atoms with E-state index in [-0.39, 0.29) is 17.4 Å². The van der Waals surface area contributed by atoms with Crippen LogP contribution in [0.1, 0.15) is 16.7 Å². The first kappa shape index (κ1) is 18.9. The van der Waals surface area contributed by atoms with Crippen LogP contribution in [0.15, 0.2) is 36.4 Å². The highest BCUT2D eigenvalue weighted by Gasteiger charge is 2.34. The van der Waals surface area contributed by atoms with Gasteiger partial charge in [-0.2, -0.15) is 13.2 Å². The van der Waals surface area contributed by atoms with E-state index in [1.165, 1.54) is 19.2 Å². The largest absolute Gasteiger partial charge is 0.488 e. The lowest BCUT2D eigenvalue weighted by Crippen LogP contribution is -2.14. The van der Waals surface area contributed by atoms with Gasteiger partial charge in [0, 0.05) is 10.6 Å². The number of benzene rings is 2. The van der Waals surface area contributed by atoms with Crippen LogP contribution in [0.4, 0.5) is 23.7 Å². The molecular formula is C17H15ClF3NO3. The minimum absolute atomic E-state index is 0.245. The summed E-state index contributed by atoms with van der Waals surface area (Å²) in [6.45, 7) is 1.30. The number of amides is 1. The van der Waals surface area contributed by atoms with Crippen molar-refractivity contribution in [2.75, 3.05) is 12.4 Å². The zero-order valence-corrected chi connectivity index (χ0v) is 14.2. The summed E-state index contributed by atoms with van der Waals surface area (Å²) in [6.07, 6.45) is -5.27. The number of aryl methyl sites for hydroxylation is 1. The van der Waals surface area contributed by atoms with E-state index in [4.69, 9.17) is 16.3 Å². The number of carbonyl (C=O) groups is 1. The molecule has 25 heavy (non-hydrogen) atoms. The molecule has 2 aromatic rings. The van der Waals surface area contributed by atoms with Gasteiger partial charge in [0.1, 0.15) is 12.4 Å². The first-order valence-electron chi connectivity index (χ1n) is 7.15. The number of nitrogens with one attached hydrogen (secondary N) is 1. The Morgan fingerprint density at radius 3 is 2.60 bits per heavy atom. The minimum Gasteiger partial charge on any atom is -0.488 e. The molecule has 8 heteroatoms. The van der Waals surface area contributed by atoms with E-state index in [9.17, 15) is 18.0 Å². The molecular weight excluding hydrogens is 359 g/mol. The molecule has 1 amide bonds. The number of rotatable bonds is 4. The van der Waals surface area contributed by atoms with Crippen LogP contribution in [0.2, 0.25) is 5.02 Å². The Kier molecular flexibility index (Phi) is 5.79. The van der Waals surface area contributed by atoms with Crippen molar-refractivity contribution in [1.29, 1.82) is 0 Å². The predicted octanol–water partition coefficient (Wildman–Crippen LogP) is 5.42. The van der Waals surface area contributed by atoms with E-state index in [1.807, 2.05) is 0 Å². The second-order valence-electron chi connectivity index (χ2n) is 5.17. The van der Waals surface area contributed by atoms with Crippen LogP contribution in [0.3, 0.4) is 0 Å². The van der Waals surface area contributed by atoms with Gasteiger partial charge in [0.25, 0.3) is 0 Å². The standard InChI is InChI=1S/C17H15ClF3NO3/c1-10-6-7-15(12(8-10)17(19,20)21)25-9-11-13(18)4-3-5-14(11)22-16(23)24-2/h3-8H,9H2,1-2H3,(H,22,23). The molecule has 0 fully saturated rings. The third kappa shape index (κ3) is 4.79. The number of methoxy groups -OCH3 is 1. The maximum Gasteiger partial charge on any atom is 0.419 e. The second-order valence-corrected chi connectivity index (χ2v) is 5.58. The summed E-state index contributed by atoms with van der Waals surface area (Å²) < 4.78 is 49.3. The lowest BCUT2D eigenvalue weighted by Gasteiger charge is -2.17. The number of hydrogen-bond acceptors (Lipinski definition) is 3. The Morgan fingerprint density at radius 1 is 1.24 bits per heavy atom. The molecule has 0 heterocycles. The second kappa shape index (κ2) is 7.65. The number of ether oxygens (including phenoxy) is 2. The predicted molar refractivity (Wildman–Crippen MR) is 88.0 cm³/mol. The van der Waals surface area contributed by atoms with Gasteiger partial charge < -0.3 is 9.47 Å². The summed E-state index contributed by atoms with van der Waals surface area (Å²) in [7, 11) is 1.19. The third-order valence-electron chi connectivity index (χ3n) is 3.35. The summed E-state index contributed by atoms with van der Waals surface area (Å²) in [5, 5.41) is 2.69. The fourth-order valence-electron chi connectivity index (χ4n) is 2.12. The van der Waals surface area contributed by atoms with Gasteiger partial charge in [-0.3, -0.25) is 5.32 Å². The van der Waals surface area contributed by atoms with Crippen molar-refractivity contribution in [3.8, 4) is 5.75 Å². The van der Waals surface area contributed by atoms with Gasteiger partial charge in [0.05, 0.1) is 18.4 Å². The number of hydrogen-bond donors (Lipinski definition) is 1. The molecule has 0 saturated carbocycles. The molecule has 2 aromatic carbocycles. The summed E-state index contributed by atoms with van der Waals surface area (Å²) in [5.41, 5.74) is 0.218. The summed E-state index contributed by atoms with van der Waals surface area (Å²) in [4.78, 5) is 11.4. The highest BCUT2D eigenvalue weighted by atomic mass is 35.5. The van der Waals surface area contributed by atoms with Gasteiger partial charge in [-0.15, -0.1) is 0 Å². The van der Waals surface area contributed by atoms with Crippen LogP contribution >= 0.6 is 11.6 Å². The fourth-order valence-corrected chi connectivity index (χ4v) is 2.35. The molecule has 0 aliphatic rings. The number of carbonyl (C=O) groups excluding carboxylic acids is 1. The fraction of sp³-hybridized carbons (Fsp3) is 0.235. The molecule has 4 nitrogen and oxygen atoms in total. The van der Waals surface area contributed by atoms with Crippen molar-refractivity contribution in [1.82, 2.24) is 0 Å². The Labute approximate surface area is 147 Å². The SMILES string of the molecule is COC(=O)Nc1cccc(Cl)c1COc1ccc(C)cc1C(F)(F)F. The van der Waals surface area contributed by atoms with E-state index in [2.05, 4.69) is 10.1 Å². The van der Waals surface area contributed by atoms with Gasteiger partial charge in [0.15, 0.2) is 0 Å². The van der Waals surface area contributed by atoms with E-state index in [0.29, 0.717) is 16.8 Å². The average Bonchev–Trinajstić information content (AvgIpc) is 2.54. The van der Waals surface area contributed by atoms with E-state index in [0.717, 1.165) is 6.07 Å². The first-order chi connectivity index (χ1) is 11.7. The average molecular weight is 374 g/mol. The normalized spacial score (nSPS) is 11.1. The quantitative estimate of drug-likeness (QED) is 0.778. The molecule has 0 saturated heterocycles. The lowest BCUT2D eigenvalue weighted by molar-refractivity contribution is -0.139. The van der Waals surface area contributed by atoms with Gasteiger partial charge >= 0.3 is 12.3 Å². The Hall–Kier alpha value is -2.41. The van der Waals surface area contributed by atoms with E-state index in [1.54, 1.807) is 25.1 Å². The zero-order valence-electron chi connectivity index (χ0n) is 13.4. The molecule has 1 N–H and O–H groups in total. The molecule has 0 unspecified atom stereocenters. The van der Waals surface area contributed by atoms with Gasteiger partial charge in [-0.1, -0.05) is 29.3 Å². The first-order valence-corrected chi connectivity index (χ1v) is 7.53. The maximum atomic E-state index is 13.2. The van der Waals surface area contributed by atoms with Crippen molar-refractivity contribution in [2.24, 2.45) is 0 Å². The molecule has 0 atom stereocenters. The molecule has 134 valence electrons. The van der Waals surface area contributed by atoms with Crippen molar-refractivity contribution in [3.05, 3.63) is 58.1 Å². The van der Waals surface area contributed by atoms with E-state index >= 15 is 0 Å². The molecule has 0 bridgehead atoms. The van der Waals surface area contributed by atoms with Crippen LogP contribution in [-0.2, 0) is 17.5 Å². The van der Waals surface area contributed by atoms with E-state index < -0.39 is 17.8 Å². The van der Waals surface area contributed by atoms with Crippen LogP contribution < -0.4 is 10.1 Å². The highest BCUT2D eigenvalue weighted by molar-refractivity contribution is 6.31. The minimum atomic E-state index is -4.55. The van der Waals surface area contributed by atoms with Gasteiger partial charge in [-0.05, 0) is 31.2 Å². The number of alkyl halides is 3. The monoisotopic (exact) mass is 373 g/mol.